The van der Waals surface area contributed by atoms with Gasteiger partial charge in [0.05, 0.1) is 15.8 Å². The molecule has 0 aliphatic carbocycles. The molecule has 2 heterocycles. The standard InChI is InChI=1S/C10H6Br2O3S/c11-8-6(15-10(14)9(8)12)4-5(13)7-2-1-3-16-7/h1-3,6H,4H2. The van der Waals surface area contributed by atoms with Crippen molar-refractivity contribution in [2.45, 2.75) is 12.5 Å². The highest BCUT2D eigenvalue weighted by molar-refractivity contribution is 9.14. The van der Waals surface area contributed by atoms with E-state index in [0.29, 0.717) is 13.8 Å². The van der Waals surface area contributed by atoms with Gasteiger partial charge < -0.3 is 4.74 Å². The van der Waals surface area contributed by atoms with Crippen LogP contribution < -0.4 is 0 Å². The van der Waals surface area contributed by atoms with E-state index >= 15 is 0 Å². The largest absolute Gasteiger partial charge is 0.452 e. The predicted molar refractivity (Wildman–Crippen MR) is 68.0 cm³/mol. The third-order valence-electron chi connectivity index (χ3n) is 2.09. The molecule has 1 aliphatic heterocycles. The first-order chi connectivity index (χ1) is 7.59. The lowest BCUT2D eigenvalue weighted by molar-refractivity contribution is -0.138. The van der Waals surface area contributed by atoms with E-state index in [0.717, 1.165) is 0 Å². The number of ether oxygens (including phenoxy) is 1. The van der Waals surface area contributed by atoms with Gasteiger partial charge in [-0.3, -0.25) is 4.79 Å². The number of esters is 1. The van der Waals surface area contributed by atoms with Gasteiger partial charge in [0.15, 0.2) is 5.78 Å². The second-order valence-corrected chi connectivity index (χ2v) is 5.76. The van der Waals surface area contributed by atoms with Crippen molar-refractivity contribution in [2.24, 2.45) is 0 Å². The number of rotatable bonds is 3. The van der Waals surface area contributed by atoms with Crippen LogP contribution in [0.5, 0.6) is 0 Å². The van der Waals surface area contributed by atoms with Gasteiger partial charge in [0, 0.05) is 0 Å². The number of carbonyl (C=O) groups excluding carboxylic acids is 2. The van der Waals surface area contributed by atoms with Crippen LogP contribution in [0.3, 0.4) is 0 Å². The molecule has 0 fully saturated rings. The number of hydrogen-bond donors (Lipinski definition) is 0. The summed E-state index contributed by atoms with van der Waals surface area (Å²) in [4.78, 5) is 23.7. The second-order valence-electron chi connectivity index (χ2n) is 3.16. The quantitative estimate of drug-likeness (QED) is 0.610. The van der Waals surface area contributed by atoms with Crippen molar-refractivity contribution in [1.82, 2.24) is 0 Å². The van der Waals surface area contributed by atoms with Gasteiger partial charge in [-0.05, 0) is 27.4 Å². The fourth-order valence-corrected chi connectivity index (χ4v) is 2.75. The smallest absolute Gasteiger partial charge is 0.346 e. The van der Waals surface area contributed by atoms with Crippen LogP contribution in [0.2, 0.25) is 0 Å². The van der Waals surface area contributed by atoms with E-state index in [1.54, 1.807) is 6.07 Å². The summed E-state index contributed by atoms with van der Waals surface area (Å²) in [7, 11) is 0. The maximum atomic E-state index is 11.8. The summed E-state index contributed by atoms with van der Waals surface area (Å²) in [6.45, 7) is 0. The molecule has 0 N–H and O–H groups in total. The molecule has 1 unspecified atom stereocenters. The molecule has 0 spiro atoms. The van der Waals surface area contributed by atoms with Gasteiger partial charge in [0.25, 0.3) is 0 Å². The van der Waals surface area contributed by atoms with Gasteiger partial charge in [0.2, 0.25) is 0 Å². The van der Waals surface area contributed by atoms with Crippen LogP contribution >= 0.6 is 43.2 Å². The molecule has 1 aromatic rings. The minimum Gasteiger partial charge on any atom is -0.452 e. The van der Waals surface area contributed by atoms with Crippen molar-refractivity contribution in [3.63, 3.8) is 0 Å². The van der Waals surface area contributed by atoms with Crippen molar-refractivity contribution < 1.29 is 14.3 Å². The molecule has 3 nitrogen and oxygen atoms in total. The molecule has 1 aliphatic rings. The predicted octanol–water partition coefficient (Wildman–Crippen LogP) is 3.25. The van der Waals surface area contributed by atoms with E-state index in [2.05, 4.69) is 31.9 Å². The second kappa shape index (κ2) is 4.81. The normalized spacial score (nSPS) is 20.1. The Morgan fingerprint density at radius 3 is 2.75 bits per heavy atom. The SMILES string of the molecule is O=C1OC(CC(=O)c2cccs2)C(Br)=C1Br. The minimum absolute atomic E-state index is 0.0213. The Bertz CT molecular complexity index is 464. The van der Waals surface area contributed by atoms with Crippen molar-refractivity contribution in [2.75, 3.05) is 0 Å². The summed E-state index contributed by atoms with van der Waals surface area (Å²) < 4.78 is 5.99. The maximum Gasteiger partial charge on any atom is 0.346 e. The molecule has 84 valence electrons. The van der Waals surface area contributed by atoms with E-state index in [1.165, 1.54) is 11.3 Å². The summed E-state index contributed by atoms with van der Waals surface area (Å²) in [6, 6.07) is 3.58. The molecule has 0 radical (unpaired) electrons. The van der Waals surface area contributed by atoms with Crippen LogP contribution in [0.1, 0.15) is 16.1 Å². The minimum atomic E-state index is -0.503. The van der Waals surface area contributed by atoms with Gasteiger partial charge in [-0.15, -0.1) is 11.3 Å². The highest BCUT2D eigenvalue weighted by Gasteiger charge is 2.33. The van der Waals surface area contributed by atoms with E-state index in [1.807, 2.05) is 11.4 Å². The molecule has 0 amide bonds. The molecule has 1 aromatic heterocycles. The molecule has 16 heavy (non-hydrogen) atoms. The van der Waals surface area contributed by atoms with Crippen LogP contribution in [-0.2, 0) is 9.53 Å². The Kier molecular flexibility index (Phi) is 3.61. The average Bonchev–Trinajstić information content (AvgIpc) is 2.85. The van der Waals surface area contributed by atoms with Gasteiger partial charge in [-0.25, -0.2) is 4.79 Å². The Morgan fingerprint density at radius 2 is 2.25 bits per heavy atom. The van der Waals surface area contributed by atoms with E-state index in [4.69, 9.17) is 4.74 Å². The molecular weight excluding hydrogens is 360 g/mol. The van der Waals surface area contributed by atoms with Crippen molar-refractivity contribution in [1.29, 1.82) is 0 Å². The first-order valence-corrected chi connectivity index (χ1v) is 6.89. The maximum absolute atomic E-state index is 11.8. The summed E-state index contributed by atoms with van der Waals surface area (Å²) in [6.07, 6.45) is -0.335. The Hall–Kier alpha value is -0.460. The zero-order valence-electron chi connectivity index (χ0n) is 7.91. The van der Waals surface area contributed by atoms with Crippen molar-refractivity contribution >= 4 is 54.9 Å². The number of carbonyl (C=O) groups is 2. The number of Topliss-reactive ketones (excluding diaryl/α,β-unsaturated/α-hetero) is 1. The molecular formula is C10H6Br2O3S. The van der Waals surface area contributed by atoms with Crippen molar-refractivity contribution in [3.05, 3.63) is 31.4 Å². The number of hydrogen-bond acceptors (Lipinski definition) is 4. The lowest BCUT2D eigenvalue weighted by Gasteiger charge is -2.08. The first kappa shape index (κ1) is 12.0. The summed E-state index contributed by atoms with van der Waals surface area (Å²) in [5, 5.41) is 1.84. The fraction of sp³-hybridized carbons (Fsp3) is 0.200. The van der Waals surface area contributed by atoms with Gasteiger partial charge in [0.1, 0.15) is 10.6 Å². The molecule has 2 rings (SSSR count). The molecule has 0 saturated heterocycles. The summed E-state index contributed by atoms with van der Waals surface area (Å²) in [5.74, 6) is -0.456. The zero-order chi connectivity index (χ0) is 11.7. The number of halogens is 2. The molecule has 0 bridgehead atoms. The van der Waals surface area contributed by atoms with Crippen molar-refractivity contribution in [3.8, 4) is 0 Å². The molecule has 6 heteroatoms. The lowest BCUT2D eigenvalue weighted by atomic mass is 10.1. The van der Waals surface area contributed by atoms with E-state index < -0.39 is 12.1 Å². The van der Waals surface area contributed by atoms with Gasteiger partial charge >= 0.3 is 5.97 Å². The van der Waals surface area contributed by atoms with Gasteiger partial charge in [-0.1, -0.05) is 22.0 Å². The number of thiophene rings is 1. The number of ketones is 1. The first-order valence-electron chi connectivity index (χ1n) is 4.42. The third-order valence-corrected chi connectivity index (χ3v) is 5.19. The average molecular weight is 366 g/mol. The fourth-order valence-electron chi connectivity index (χ4n) is 1.31. The Labute approximate surface area is 113 Å². The molecule has 0 saturated carbocycles. The molecule has 1 atom stereocenters. The van der Waals surface area contributed by atoms with Crippen LogP contribution in [0, 0.1) is 0 Å². The summed E-state index contributed by atoms with van der Waals surface area (Å²) in [5.41, 5.74) is 0. The monoisotopic (exact) mass is 364 g/mol. The highest BCUT2D eigenvalue weighted by Crippen LogP contribution is 2.33. The lowest BCUT2D eigenvalue weighted by Crippen LogP contribution is -2.15. The van der Waals surface area contributed by atoms with Crippen LogP contribution in [0.15, 0.2) is 26.5 Å². The Balaban J connectivity index is 2.08. The third kappa shape index (κ3) is 2.28. The topological polar surface area (TPSA) is 43.4 Å². The van der Waals surface area contributed by atoms with E-state index in [-0.39, 0.29) is 12.2 Å². The van der Waals surface area contributed by atoms with Crippen LogP contribution in [0.25, 0.3) is 0 Å². The summed E-state index contributed by atoms with van der Waals surface area (Å²) >= 11 is 7.72. The zero-order valence-corrected chi connectivity index (χ0v) is 11.9. The highest BCUT2D eigenvalue weighted by atomic mass is 79.9. The molecule has 0 aromatic carbocycles. The Morgan fingerprint density at radius 1 is 1.50 bits per heavy atom. The van der Waals surface area contributed by atoms with E-state index in [9.17, 15) is 9.59 Å². The van der Waals surface area contributed by atoms with Gasteiger partial charge in [-0.2, -0.15) is 0 Å². The number of cyclic esters (lactones) is 1. The van der Waals surface area contributed by atoms with Crippen LogP contribution in [-0.4, -0.2) is 17.9 Å². The van der Waals surface area contributed by atoms with Crippen LogP contribution in [0.4, 0.5) is 0 Å².